The van der Waals surface area contributed by atoms with E-state index in [0.717, 1.165) is 22.9 Å². The molecule has 2 aliphatic heterocycles. The molecule has 0 aromatic heterocycles. The third-order valence-corrected chi connectivity index (χ3v) is 11.3. The maximum Gasteiger partial charge on any atom is 0.411 e. The third-order valence-electron chi connectivity index (χ3n) is 10.2. The number of carbonyl (C=O) groups excluding carboxylic acids is 6. The smallest absolute Gasteiger partial charge is 0.411 e. The van der Waals surface area contributed by atoms with Crippen molar-refractivity contribution in [3.8, 4) is 0 Å². The van der Waals surface area contributed by atoms with E-state index in [4.69, 9.17) is 9.47 Å². The van der Waals surface area contributed by atoms with E-state index in [0.29, 0.717) is 12.8 Å². The zero-order valence-corrected chi connectivity index (χ0v) is 35.3. The fourth-order valence-electron chi connectivity index (χ4n) is 6.85. The van der Waals surface area contributed by atoms with E-state index in [1.54, 1.807) is 48.5 Å². The molecule has 2 fully saturated rings. The van der Waals surface area contributed by atoms with Crippen molar-refractivity contribution in [3.05, 3.63) is 152 Å². The van der Waals surface area contributed by atoms with E-state index >= 15 is 0 Å². The minimum absolute atomic E-state index is 0.0213. The number of nitro benzene ring substituents is 2. The molecule has 2 saturated heterocycles. The standard InChI is InChI=1S/C44H42N8O12S/c53-29-45-39-25-47(19-21-49(39)43(57)63-27-33-7-3-1-4-8-33)41(55)17-13-31-11-15-37(35(23-31)51(59)60)65-38-16-12-32(24-36(38)52(61)62)14-18-42(56)48-20-22-50(40(26-48)46-30-54)44(58)64-28-34-9-5-2-6-10-34/h1-18,23-24,29-30,39-40H,19-22,25-28H2,(H,45,53)(H,46,54)/b17-13+,18-14+. The predicted molar refractivity (Wildman–Crippen MR) is 234 cm³/mol. The Balaban J connectivity index is 1.06. The quantitative estimate of drug-likeness (QED) is 0.0666. The lowest BCUT2D eigenvalue weighted by Gasteiger charge is -2.39. The lowest BCUT2D eigenvalue weighted by Crippen LogP contribution is -2.61. The van der Waals surface area contributed by atoms with Gasteiger partial charge in [-0.2, -0.15) is 0 Å². The van der Waals surface area contributed by atoms with Crippen LogP contribution in [-0.4, -0.2) is 118 Å². The van der Waals surface area contributed by atoms with Crippen LogP contribution in [-0.2, 0) is 41.9 Å². The fraction of sp³-hybridized carbons (Fsp3) is 0.227. The summed E-state index contributed by atoms with van der Waals surface area (Å²) in [4.78, 5) is 103. The number of nitrogens with one attached hydrogen (secondary N) is 2. The number of rotatable bonds is 16. The Hall–Kier alpha value is -8.07. The van der Waals surface area contributed by atoms with Crippen molar-refractivity contribution in [2.75, 3.05) is 39.3 Å². The lowest BCUT2D eigenvalue weighted by atomic mass is 10.1. The third kappa shape index (κ3) is 12.5. The van der Waals surface area contributed by atoms with Gasteiger partial charge in [0, 0.05) is 50.5 Å². The van der Waals surface area contributed by atoms with Gasteiger partial charge in [0.1, 0.15) is 25.5 Å². The van der Waals surface area contributed by atoms with Crippen molar-refractivity contribution in [2.24, 2.45) is 0 Å². The van der Waals surface area contributed by atoms with Crippen molar-refractivity contribution >= 4 is 72.1 Å². The predicted octanol–water partition coefficient (Wildman–Crippen LogP) is 4.79. The molecule has 0 spiro atoms. The van der Waals surface area contributed by atoms with Crippen LogP contribution in [0.3, 0.4) is 0 Å². The molecule has 0 radical (unpaired) electrons. The van der Waals surface area contributed by atoms with E-state index in [1.807, 2.05) is 12.1 Å². The van der Waals surface area contributed by atoms with Gasteiger partial charge in [-0.25, -0.2) is 9.59 Å². The monoisotopic (exact) mass is 906 g/mol. The summed E-state index contributed by atoms with van der Waals surface area (Å²) in [5.41, 5.74) is 1.38. The second-order valence-corrected chi connectivity index (χ2v) is 15.5. The molecule has 4 aromatic carbocycles. The van der Waals surface area contributed by atoms with Gasteiger partial charge in [-0.05, 0) is 46.5 Å². The summed E-state index contributed by atoms with van der Waals surface area (Å²) >= 11 is 0.790. The Morgan fingerprint density at radius 2 is 1.02 bits per heavy atom. The second kappa shape index (κ2) is 22.3. The molecule has 2 atom stereocenters. The second-order valence-electron chi connectivity index (χ2n) is 14.4. The molecule has 2 N–H and O–H groups in total. The number of nitro groups is 2. The summed E-state index contributed by atoms with van der Waals surface area (Å²) in [5.74, 6) is -0.961. The molecule has 6 rings (SSSR count). The number of amides is 6. The summed E-state index contributed by atoms with van der Waals surface area (Å²) in [6, 6.07) is 26.4. The summed E-state index contributed by atoms with van der Waals surface area (Å²) in [7, 11) is 0. The van der Waals surface area contributed by atoms with Crippen molar-refractivity contribution in [1.29, 1.82) is 0 Å². The Bertz CT molecular complexity index is 2310. The largest absolute Gasteiger partial charge is 0.444 e. The highest BCUT2D eigenvalue weighted by atomic mass is 32.2. The highest BCUT2D eigenvalue weighted by molar-refractivity contribution is 7.99. The van der Waals surface area contributed by atoms with E-state index in [2.05, 4.69) is 10.6 Å². The highest BCUT2D eigenvalue weighted by Crippen LogP contribution is 2.40. The summed E-state index contributed by atoms with van der Waals surface area (Å²) < 4.78 is 10.8. The Labute approximate surface area is 375 Å². The van der Waals surface area contributed by atoms with Crippen LogP contribution in [0.25, 0.3) is 12.2 Å². The van der Waals surface area contributed by atoms with Gasteiger partial charge in [0.15, 0.2) is 0 Å². The Morgan fingerprint density at radius 1 is 0.615 bits per heavy atom. The molecule has 0 bridgehead atoms. The molecule has 65 heavy (non-hydrogen) atoms. The normalized spacial score (nSPS) is 16.2. The molecular formula is C44H42N8O12S. The molecular weight excluding hydrogens is 865 g/mol. The first-order valence-corrected chi connectivity index (χ1v) is 20.8. The van der Waals surface area contributed by atoms with Crippen LogP contribution in [0.5, 0.6) is 0 Å². The van der Waals surface area contributed by atoms with Crippen LogP contribution < -0.4 is 10.6 Å². The zero-order chi connectivity index (χ0) is 46.3. The minimum atomic E-state index is -0.866. The van der Waals surface area contributed by atoms with Crippen LogP contribution in [0.4, 0.5) is 21.0 Å². The first kappa shape index (κ1) is 46.4. The number of hydrogen-bond acceptors (Lipinski definition) is 13. The molecule has 0 aliphatic carbocycles. The van der Waals surface area contributed by atoms with E-state index in [1.165, 1.54) is 80.3 Å². The maximum absolute atomic E-state index is 13.2. The number of ether oxygens (including phenoxy) is 2. The molecule has 2 heterocycles. The van der Waals surface area contributed by atoms with Crippen molar-refractivity contribution in [1.82, 2.24) is 30.2 Å². The van der Waals surface area contributed by atoms with Gasteiger partial charge in [-0.15, -0.1) is 0 Å². The molecule has 6 amide bonds. The SMILES string of the molecule is O=CNC1CN(C(=O)/C=C/c2ccc(Sc3ccc(/C=C/C(=O)N4CCN(C(=O)OCc5ccccc5)C(NC=O)C4)cc3[N+](=O)[O-])c([N+](=O)[O-])c2)CCN1C(=O)OCc1ccccc1. The van der Waals surface area contributed by atoms with Crippen LogP contribution >= 0.6 is 11.8 Å². The summed E-state index contributed by atoms with van der Waals surface area (Å²) in [6.07, 6.45) is 2.93. The van der Waals surface area contributed by atoms with Crippen LogP contribution in [0.2, 0.25) is 0 Å². The van der Waals surface area contributed by atoms with Gasteiger partial charge in [-0.1, -0.05) is 84.6 Å². The fourth-order valence-corrected chi connectivity index (χ4v) is 7.83. The van der Waals surface area contributed by atoms with Gasteiger partial charge in [-0.3, -0.25) is 49.2 Å². The van der Waals surface area contributed by atoms with E-state index in [-0.39, 0.29) is 84.8 Å². The molecule has 4 aromatic rings. The van der Waals surface area contributed by atoms with E-state index in [9.17, 15) is 49.0 Å². The van der Waals surface area contributed by atoms with Gasteiger partial charge in [0.25, 0.3) is 11.4 Å². The maximum atomic E-state index is 13.2. The zero-order valence-electron chi connectivity index (χ0n) is 34.5. The average molecular weight is 907 g/mol. The first-order valence-electron chi connectivity index (χ1n) is 20.0. The number of piperazine rings is 2. The van der Waals surface area contributed by atoms with Gasteiger partial charge < -0.3 is 29.9 Å². The highest BCUT2D eigenvalue weighted by Gasteiger charge is 2.34. The van der Waals surface area contributed by atoms with Crippen LogP contribution in [0.1, 0.15) is 22.3 Å². The van der Waals surface area contributed by atoms with Gasteiger partial charge in [0.05, 0.1) is 32.7 Å². The van der Waals surface area contributed by atoms with Gasteiger partial charge in [0.2, 0.25) is 24.6 Å². The van der Waals surface area contributed by atoms with Crippen molar-refractivity contribution < 1.29 is 48.1 Å². The first-order chi connectivity index (χ1) is 31.4. The van der Waals surface area contributed by atoms with Crippen molar-refractivity contribution in [2.45, 2.75) is 35.3 Å². The topological polar surface area (TPSA) is 244 Å². The van der Waals surface area contributed by atoms with Gasteiger partial charge >= 0.3 is 12.2 Å². The molecule has 0 saturated carbocycles. The lowest BCUT2D eigenvalue weighted by molar-refractivity contribution is -0.388. The molecule has 20 nitrogen and oxygen atoms in total. The Morgan fingerprint density at radius 3 is 1.38 bits per heavy atom. The molecule has 21 heteroatoms. The number of benzene rings is 4. The van der Waals surface area contributed by atoms with Crippen LogP contribution in [0.15, 0.2) is 119 Å². The molecule has 336 valence electrons. The average Bonchev–Trinajstić information content (AvgIpc) is 3.32. The van der Waals surface area contributed by atoms with Crippen molar-refractivity contribution in [3.63, 3.8) is 0 Å². The minimum Gasteiger partial charge on any atom is -0.444 e. The number of nitrogens with zero attached hydrogens (tertiary/aromatic N) is 6. The Kier molecular flexibility index (Phi) is 16.0. The number of carbonyl (C=O) groups is 6. The molecule has 2 aliphatic rings. The number of hydrogen-bond donors (Lipinski definition) is 2. The summed E-state index contributed by atoms with van der Waals surface area (Å²) in [6.45, 7) is 0.314. The van der Waals surface area contributed by atoms with Crippen LogP contribution in [0, 0.1) is 20.2 Å². The summed E-state index contributed by atoms with van der Waals surface area (Å²) in [5, 5.41) is 29.5. The molecule has 2 unspecified atom stereocenters. The van der Waals surface area contributed by atoms with E-state index < -0.39 is 46.2 Å².